The third-order valence-corrected chi connectivity index (χ3v) is 8.88. The number of allylic oxidation sites excluding steroid dienone is 1. The Morgan fingerprint density at radius 2 is 1.78 bits per heavy atom. The summed E-state index contributed by atoms with van der Waals surface area (Å²) in [6, 6.07) is 28.5. The average molecular weight is 657 g/mol. The monoisotopic (exact) mass is 655 g/mol. The Morgan fingerprint density at radius 1 is 1.00 bits per heavy atom. The van der Waals surface area contributed by atoms with E-state index < -0.39 is 6.04 Å². The Bertz CT molecular complexity index is 2120. The maximum absolute atomic E-state index is 14.2. The Labute approximate surface area is 273 Å². The van der Waals surface area contributed by atoms with Gasteiger partial charge in [0.05, 0.1) is 29.0 Å². The molecule has 0 fully saturated rings. The van der Waals surface area contributed by atoms with Gasteiger partial charge >= 0.3 is 0 Å². The van der Waals surface area contributed by atoms with E-state index in [4.69, 9.17) is 37.7 Å². The molecule has 45 heavy (non-hydrogen) atoms. The summed E-state index contributed by atoms with van der Waals surface area (Å²) in [7, 11) is 1.58. The van der Waals surface area contributed by atoms with Crippen molar-refractivity contribution in [2.24, 2.45) is 4.99 Å². The van der Waals surface area contributed by atoms with Crippen molar-refractivity contribution in [1.82, 2.24) is 4.57 Å². The van der Waals surface area contributed by atoms with Crippen LogP contribution in [0.4, 0.5) is 5.69 Å². The van der Waals surface area contributed by atoms with E-state index >= 15 is 0 Å². The summed E-state index contributed by atoms with van der Waals surface area (Å²) in [6.07, 6.45) is 1.79. The zero-order valence-electron chi connectivity index (χ0n) is 24.3. The Morgan fingerprint density at radius 3 is 2.56 bits per heavy atom. The highest BCUT2D eigenvalue weighted by Gasteiger charge is 2.32. The van der Waals surface area contributed by atoms with Crippen LogP contribution in [0.1, 0.15) is 29.7 Å². The van der Waals surface area contributed by atoms with Crippen LogP contribution in [0, 0.1) is 0 Å². The predicted octanol–water partition coefficient (Wildman–Crippen LogP) is 6.77. The molecule has 1 atom stereocenters. The van der Waals surface area contributed by atoms with E-state index in [0.717, 1.165) is 11.1 Å². The van der Waals surface area contributed by atoms with Gasteiger partial charge in [-0.3, -0.25) is 14.2 Å². The number of carbonyl (C=O) groups is 1. The lowest BCUT2D eigenvalue weighted by Crippen LogP contribution is -2.40. The van der Waals surface area contributed by atoms with Crippen molar-refractivity contribution in [2.75, 3.05) is 12.4 Å². The number of hydrogen-bond donors (Lipinski definition) is 1. The van der Waals surface area contributed by atoms with Crippen molar-refractivity contribution >= 4 is 52.2 Å². The minimum atomic E-state index is -0.735. The first-order chi connectivity index (χ1) is 21.8. The van der Waals surface area contributed by atoms with Crippen LogP contribution in [0.3, 0.4) is 0 Å². The minimum Gasteiger partial charge on any atom is -0.497 e. The highest BCUT2D eigenvalue weighted by atomic mass is 35.5. The second kappa shape index (κ2) is 13.2. The number of para-hydroxylation sites is 2. The number of aromatic nitrogens is 1. The standard InChI is InChI=1S/C35H27Cl2N3O4S/c1-21-31(33(41)39-26-11-4-3-5-12-26)32(23-10-8-13-27(17-23)43-2)40-34(42)30(45-35(40)38-21)18-22-9-6-7-14-29(22)44-20-24-15-16-25(36)19-28(24)37/h3-19,32H,20H2,1-2H3,(H,39,41)/b30-18+/t32-/m1/s1. The third-order valence-electron chi connectivity index (χ3n) is 7.31. The second-order valence-corrected chi connectivity index (χ2v) is 12.1. The fraction of sp³-hybridized carbons (Fsp3) is 0.114. The molecule has 1 aromatic heterocycles. The predicted molar refractivity (Wildman–Crippen MR) is 179 cm³/mol. The summed E-state index contributed by atoms with van der Waals surface area (Å²) >= 11 is 13.7. The molecular formula is C35H27Cl2N3O4S. The summed E-state index contributed by atoms with van der Waals surface area (Å²) in [5, 5.41) is 4.02. The van der Waals surface area contributed by atoms with Crippen molar-refractivity contribution in [2.45, 2.75) is 19.6 Å². The first-order valence-corrected chi connectivity index (χ1v) is 15.6. The molecule has 1 aliphatic heterocycles. The molecular weight excluding hydrogens is 629 g/mol. The molecule has 0 spiro atoms. The van der Waals surface area contributed by atoms with Crippen LogP contribution < -0.4 is 29.7 Å². The molecule has 10 heteroatoms. The number of hydrogen-bond acceptors (Lipinski definition) is 6. The lowest BCUT2D eigenvalue weighted by molar-refractivity contribution is -0.113. The normalized spacial score (nSPS) is 14.5. The van der Waals surface area contributed by atoms with Crippen LogP contribution in [0.5, 0.6) is 11.5 Å². The third kappa shape index (κ3) is 6.44. The number of ether oxygens (including phenoxy) is 2. The van der Waals surface area contributed by atoms with Crippen LogP contribution >= 0.6 is 34.5 Å². The van der Waals surface area contributed by atoms with Crippen molar-refractivity contribution in [3.8, 4) is 11.5 Å². The van der Waals surface area contributed by atoms with Gasteiger partial charge < -0.3 is 14.8 Å². The molecule has 0 unspecified atom stereocenters. The lowest BCUT2D eigenvalue weighted by Gasteiger charge is -2.25. The zero-order valence-corrected chi connectivity index (χ0v) is 26.6. The minimum absolute atomic E-state index is 0.219. The lowest BCUT2D eigenvalue weighted by atomic mass is 9.95. The van der Waals surface area contributed by atoms with Crippen LogP contribution in [0.15, 0.2) is 118 Å². The van der Waals surface area contributed by atoms with Gasteiger partial charge in [-0.05, 0) is 61.0 Å². The molecule has 7 nitrogen and oxygen atoms in total. The maximum Gasteiger partial charge on any atom is 0.271 e. The molecule has 0 bridgehead atoms. The number of carbonyl (C=O) groups excluding carboxylic acids is 1. The van der Waals surface area contributed by atoms with Crippen LogP contribution in [-0.4, -0.2) is 17.6 Å². The molecule has 0 radical (unpaired) electrons. The van der Waals surface area contributed by atoms with Gasteiger partial charge in [-0.1, -0.05) is 89.1 Å². The molecule has 4 aromatic carbocycles. The van der Waals surface area contributed by atoms with Gasteiger partial charge in [0, 0.05) is 26.9 Å². The topological polar surface area (TPSA) is 81.9 Å². The molecule has 1 N–H and O–H groups in total. The number of rotatable bonds is 8. The van der Waals surface area contributed by atoms with Crippen LogP contribution in [0.2, 0.25) is 10.0 Å². The first kappa shape index (κ1) is 30.4. The zero-order chi connectivity index (χ0) is 31.5. The second-order valence-electron chi connectivity index (χ2n) is 10.2. The van der Waals surface area contributed by atoms with E-state index in [0.29, 0.717) is 53.4 Å². The summed E-state index contributed by atoms with van der Waals surface area (Å²) in [5.74, 6) is 0.848. The highest BCUT2D eigenvalue weighted by Crippen LogP contribution is 2.32. The van der Waals surface area contributed by atoms with Crippen molar-refractivity contribution in [3.63, 3.8) is 0 Å². The largest absolute Gasteiger partial charge is 0.497 e. The van der Waals surface area contributed by atoms with E-state index in [1.807, 2.05) is 84.9 Å². The number of amides is 1. The number of methoxy groups -OCH3 is 1. The number of anilines is 1. The van der Waals surface area contributed by atoms with Gasteiger partial charge in [-0.15, -0.1) is 0 Å². The smallest absolute Gasteiger partial charge is 0.271 e. The summed E-state index contributed by atoms with van der Waals surface area (Å²) < 4.78 is 13.6. The van der Waals surface area contributed by atoms with Gasteiger partial charge in [-0.2, -0.15) is 0 Å². The molecule has 2 heterocycles. The van der Waals surface area contributed by atoms with Crippen LogP contribution in [-0.2, 0) is 11.4 Å². The maximum atomic E-state index is 14.2. The molecule has 0 saturated heterocycles. The molecule has 6 rings (SSSR count). The van der Waals surface area contributed by atoms with Gasteiger partial charge in [-0.25, -0.2) is 4.99 Å². The molecule has 226 valence electrons. The highest BCUT2D eigenvalue weighted by molar-refractivity contribution is 7.07. The molecule has 5 aromatic rings. The quantitative estimate of drug-likeness (QED) is 0.200. The summed E-state index contributed by atoms with van der Waals surface area (Å²) in [6.45, 7) is 2.01. The number of thiazole rings is 1. The van der Waals surface area contributed by atoms with E-state index in [-0.39, 0.29) is 18.1 Å². The van der Waals surface area contributed by atoms with E-state index in [9.17, 15) is 9.59 Å². The Hall–Kier alpha value is -4.63. The Balaban J connectivity index is 1.43. The van der Waals surface area contributed by atoms with E-state index in [1.165, 1.54) is 11.3 Å². The van der Waals surface area contributed by atoms with Gasteiger partial charge in [0.15, 0.2) is 4.80 Å². The van der Waals surface area contributed by atoms with Crippen molar-refractivity contribution in [1.29, 1.82) is 0 Å². The van der Waals surface area contributed by atoms with E-state index in [2.05, 4.69) is 5.32 Å². The average Bonchev–Trinajstić information content (AvgIpc) is 3.34. The molecule has 0 aliphatic carbocycles. The Kier molecular flexibility index (Phi) is 8.89. The number of nitrogens with zero attached hydrogens (tertiary/aromatic N) is 2. The van der Waals surface area contributed by atoms with Crippen LogP contribution in [0.25, 0.3) is 6.08 Å². The summed E-state index contributed by atoms with van der Waals surface area (Å²) in [4.78, 5) is 33.2. The number of fused-ring (bicyclic) bond motifs is 1. The van der Waals surface area contributed by atoms with Gasteiger partial charge in [0.1, 0.15) is 18.1 Å². The molecule has 0 saturated carbocycles. The fourth-order valence-corrected chi connectivity index (χ4v) is 6.63. The first-order valence-electron chi connectivity index (χ1n) is 14.0. The summed E-state index contributed by atoms with van der Waals surface area (Å²) in [5.41, 5.74) is 3.47. The number of nitrogens with one attached hydrogen (secondary N) is 1. The number of halogens is 2. The fourth-order valence-electron chi connectivity index (χ4n) is 5.13. The molecule has 1 aliphatic rings. The van der Waals surface area contributed by atoms with Gasteiger partial charge in [0.2, 0.25) is 0 Å². The van der Waals surface area contributed by atoms with Crippen molar-refractivity contribution < 1.29 is 14.3 Å². The van der Waals surface area contributed by atoms with Gasteiger partial charge in [0.25, 0.3) is 11.5 Å². The SMILES string of the molecule is COc1cccc([C@@H]2C(C(=O)Nc3ccccc3)=C(C)N=c3s/c(=C/c4ccccc4OCc4ccc(Cl)cc4Cl)c(=O)n32)c1. The number of benzene rings is 4. The molecule has 1 amide bonds. The van der Waals surface area contributed by atoms with Crippen molar-refractivity contribution in [3.05, 3.63) is 155 Å². The van der Waals surface area contributed by atoms with E-state index in [1.54, 1.807) is 36.8 Å².